The third-order valence-electron chi connectivity index (χ3n) is 14.5. The number of likely N-dealkylation sites (N-methyl/N-ethyl adjacent to an activating group) is 1. The fourth-order valence-corrected chi connectivity index (χ4v) is 13.7. The molecule has 2 aliphatic carbocycles. The molecule has 0 amide bonds. The van der Waals surface area contributed by atoms with E-state index in [-0.39, 0.29) is 125 Å². The normalized spacial score (nSPS) is 15.3. The molecule has 0 spiro atoms. The van der Waals surface area contributed by atoms with Crippen LogP contribution in [0.4, 0.5) is 0 Å². The SMILES string of the molecule is C.C.C.C.C.C.C.C.C.CC(C)CNS(=O)(=O)C(C)C.CC(C)S(=O)(=O)NCC(C)(C)C.CC(C)S(=O)(=O)NCC1(C)CCC1.CC(C)S(=O)(=O)NCC1(C)CCCC1.CCCNS(=O)(=O)C(C)C.CCN1CCN(S(=O)(=O)C(C)C)CC1.CCNS(=O)(=O)C(C)C.CNS(=O)(=O)C(C)C. The van der Waals surface area contributed by atoms with Gasteiger partial charge >= 0.3 is 0 Å². The van der Waals surface area contributed by atoms with Crippen molar-refractivity contribution < 1.29 is 67.3 Å². The second-order valence-electron chi connectivity index (χ2n) is 27.6. The van der Waals surface area contributed by atoms with Crippen LogP contribution in [-0.4, -0.2) is 198 Å². The van der Waals surface area contributed by atoms with Gasteiger partial charge in [0.05, 0.1) is 42.0 Å². The minimum atomic E-state index is -3.08. The van der Waals surface area contributed by atoms with Crippen LogP contribution in [0, 0.1) is 22.2 Å². The minimum absolute atomic E-state index is 0. The summed E-state index contributed by atoms with van der Waals surface area (Å²) in [6, 6.07) is 0. The molecule has 2 saturated carbocycles. The lowest BCUT2D eigenvalue weighted by Crippen LogP contribution is -2.50. The summed E-state index contributed by atoms with van der Waals surface area (Å²) in [6.07, 6.45) is 9.13. The first-order valence-electron chi connectivity index (χ1n) is 32.3. The van der Waals surface area contributed by atoms with Crippen LogP contribution in [0.2, 0.25) is 0 Å². The van der Waals surface area contributed by atoms with E-state index in [1.165, 1.54) is 26.3 Å². The second kappa shape index (κ2) is 60.2. The molecule has 0 bridgehead atoms. The van der Waals surface area contributed by atoms with Gasteiger partial charge in [-0.2, -0.15) is 4.31 Å². The number of piperazine rings is 1. The zero-order chi connectivity index (χ0) is 73.2. The van der Waals surface area contributed by atoms with E-state index in [4.69, 9.17) is 0 Å². The van der Waals surface area contributed by atoms with Crippen molar-refractivity contribution >= 4 is 80.2 Å². The first-order chi connectivity index (χ1) is 40.7. The Hall–Kier alpha value is -0.760. The van der Waals surface area contributed by atoms with E-state index in [1.807, 2.05) is 41.5 Å². The molecule has 1 aliphatic heterocycles. The lowest BCUT2D eigenvalue weighted by molar-refractivity contribution is 0.166. The maximum Gasteiger partial charge on any atom is 0.216 e. The summed E-state index contributed by atoms with van der Waals surface area (Å²) >= 11 is 0. The molecule has 0 radical (unpaired) electrons. The zero-order valence-electron chi connectivity index (χ0n) is 61.3. The Bertz CT molecular complexity index is 2890. The van der Waals surface area contributed by atoms with Crippen molar-refractivity contribution in [2.45, 2.75) is 340 Å². The number of sulfonamides is 8. The summed E-state index contributed by atoms with van der Waals surface area (Å²) in [7, 11) is -22.9. The van der Waals surface area contributed by atoms with E-state index in [0.717, 1.165) is 51.7 Å². The summed E-state index contributed by atoms with van der Waals surface area (Å²) in [5, 5.41) is -2.59. The van der Waals surface area contributed by atoms with Gasteiger partial charge < -0.3 is 4.90 Å². The highest BCUT2D eigenvalue weighted by Crippen LogP contribution is 2.39. The molecule has 3 fully saturated rings. The molecule has 7 N–H and O–H groups in total. The number of nitrogens with zero attached hydrogens (tertiary/aromatic N) is 2. The molecule has 0 aromatic carbocycles. The largest absolute Gasteiger partial charge is 0.301 e. The van der Waals surface area contributed by atoms with E-state index in [0.29, 0.717) is 58.3 Å². The van der Waals surface area contributed by atoms with E-state index < -0.39 is 80.2 Å². The Morgan fingerprint density at radius 1 is 0.370 bits per heavy atom. The van der Waals surface area contributed by atoms with Crippen molar-refractivity contribution in [2.24, 2.45) is 22.2 Å². The fourth-order valence-electron chi connectivity index (χ4n) is 6.79. The van der Waals surface area contributed by atoms with Gasteiger partial charge in [-0.1, -0.05) is 155 Å². The van der Waals surface area contributed by atoms with Crippen molar-refractivity contribution in [1.82, 2.24) is 42.3 Å². The van der Waals surface area contributed by atoms with Crippen LogP contribution in [0.3, 0.4) is 0 Å². The molecule has 33 heteroatoms. The van der Waals surface area contributed by atoms with Crippen LogP contribution in [0.25, 0.3) is 0 Å². The lowest BCUT2D eigenvalue weighted by atomic mass is 9.71. The molecule has 25 nitrogen and oxygen atoms in total. The van der Waals surface area contributed by atoms with E-state index >= 15 is 0 Å². The maximum atomic E-state index is 11.8. The topological polar surface area (TPSA) is 364 Å². The number of hydrogen-bond acceptors (Lipinski definition) is 17. The van der Waals surface area contributed by atoms with Crippen molar-refractivity contribution in [3.05, 3.63) is 0 Å². The van der Waals surface area contributed by atoms with Gasteiger partial charge in [0.1, 0.15) is 0 Å². The summed E-state index contributed by atoms with van der Waals surface area (Å²) in [4.78, 5) is 2.27. The molecule has 0 unspecified atom stereocenters. The molecule has 628 valence electrons. The average Bonchev–Trinajstić information content (AvgIpc) is 0.884. The van der Waals surface area contributed by atoms with Gasteiger partial charge in [0.2, 0.25) is 80.2 Å². The Balaban J connectivity index is -0.0000000700. The van der Waals surface area contributed by atoms with Crippen molar-refractivity contribution in [1.29, 1.82) is 0 Å². The van der Waals surface area contributed by atoms with Crippen molar-refractivity contribution in [3.63, 3.8) is 0 Å². The predicted molar refractivity (Wildman–Crippen MR) is 443 cm³/mol. The highest BCUT2D eigenvalue weighted by molar-refractivity contribution is 7.91. The predicted octanol–water partition coefficient (Wildman–Crippen LogP) is 12.8. The smallest absolute Gasteiger partial charge is 0.216 e. The summed E-state index contributed by atoms with van der Waals surface area (Å²) < 4.78 is 198. The van der Waals surface area contributed by atoms with Crippen LogP contribution >= 0.6 is 0 Å². The first-order valence-corrected chi connectivity index (χ1v) is 44.6. The quantitative estimate of drug-likeness (QED) is 0.0402. The maximum absolute atomic E-state index is 11.8. The van der Waals surface area contributed by atoms with E-state index in [2.05, 4.69) is 58.7 Å². The Morgan fingerprint density at radius 3 is 0.860 bits per heavy atom. The summed E-state index contributed by atoms with van der Waals surface area (Å²) in [5.74, 6) is 0.364. The number of hydrogen-bond donors (Lipinski definition) is 7. The zero-order valence-corrected chi connectivity index (χ0v) is 67.9. The standard InChI is InChI=1S/C10H21NO2S.C9H20N2O2S.C9H19NO2S.C8H19NO2S.C7H17NO2S.C6H15NO2S.C5H13NO2S.C4H11NO2S.9CH4/c1-9(2)14(12,13)11-8-10(3)6-4-5-7-10;1-4-10-5-7-11(8-6-10)14(12,13)9(2)3;1-8(2)13(11,12)10-7-9(3)5-4-6-9;1-7(2)12(10,11)9-6-8(3,4)5;1-6(2)5-8-11(9,10)7(3)4;1-4-5-7-10(8,9)6(2)3;1-4-6-9(7,8)5(2)3;1-4(2)8(6,7)5-3;;;;;;;;;/h9,11H,4-8H2,1-3H3;9H,4-8H2,1-3H3;8,10H,4-7H2,1-3H3;7,9H,6H2,1-5H3;6-8H,5H2,1-4H3;6-7H,4-5H2,1-3H3;5-6H,4H2,1-3H3;4-5H,1-3H3;9*1H4. The molecule has 3 aliphatic rings. The van der Waals surface area contributed by atoms with Crippen LogP contribution in [-0.2, 0) is 80.2 Å². The first kappa shape index (κ1) is 132. The van der Waals surface area contributed by atoms with Gasteiger partial charge in [-0.3, -0.25) is 0 Å². The van der Waals surface area contributed by atoms with Gasteiger partial charge in [0.25, 0.3) is 0 Å². The molecular weight excluding hydrogens is 1440 g/mol. The second-order valence-corrected chi connectivity index (χ2v) is 46.5. The van der Waals surface area contributed by atoms with Gasteiger partial charge in [0.15, 0.2) is 0 Å². The summed E-state index contributed by atoms with van der Waals surface area (Å²) in [5.41, 5.74) is 0.423. The Morgan fingerprint density at radius 2 is 0.650 bits per heavy atom. The molecule has 0 aromatic rings. The van der Waals surface area contributed by atoms with Gasteiger partial charge in [-0.25, -0.2) is 100 Å². The highest BCUT2D eigenvalue weighted by atomic mass is 32.2. The van der Waals surface area contributed by atoms with Gasteiger partial charge in [-0.15, -0.1) is 0 Å². The molecule has 1 saturated heterocycles. The van der Waals surface area contributed by atoms with Gasteiger partial charge in [-0.05, 0) is 179 Å². The van der Waals surface area contributed by atoms with Crippen molar-refractivity contribution in [3.8, 4) is 0 Å². The molecule has 0 aromatic heterocycles. The van der Waals surface area contributed by atoms with Crippen LogP contribution in [0.5, 0.6) is 0 Å². The van der Waals surface area contributed by atoms with E-state index in [1.54, 1.807) is 122 Å². The van der Waals surface area contributed by atoms with E-state index in [9.17, 15) is 67.3 Å². The Labute approximate surface area is 626 Å². The van der Waals surface area contributed by atoms with Gasteiger partial charge in [0, 0.05) is 65.4 Å². The molecular formula is C67H171N9O16S8. The molecule has 100 heavy (non-hydrogen) atoms. The van der Waals surface area contributed by atoms with Crippen LogP contribution in [0.15, 0.2) is 0 Å². The van der Waals surface area contributed by atoms with Crippen LogP contribution < -0.4 is 33.1 Å². The highest BCUT2D eigenvalue weighted by Gasteiger charge is 2.34. The average molecular weight is 1620 g/mol. The molecule has 3 rings (SSSR count). The number of nitrogens with one attached hydrogen (secondary N) is 7. The minimum Gasteiger partial charge on any atom is -0.301 e. The summed E-state index contributed by atoms with van der Waals surface area (Å²) in [6.45, 7) is 54.2. The third-order valence-corrected chi connectivity index (χ3v) is 29.6. The monoisotopic (exact) mass is 1610 g/mol. The van der Waals surface area contributed by atoms with Crippen LogP contribution in [0.1, 0.15) is 298 Å². The molecule has 1 heterocycles. The Kier molecular flexibility index (Phi) is 79.3. The molecule has 0 atom stereocenters. The van der Waals surface area contributed by atoms with Crippen molar-refractivity contribution in [2.75, 3.05) is 79.0 Å². The fraction of sp³-hybridized carbons (Fsp3) is 1.00. The lowest BCUT2D eigenvalue weighted by Gasteiger charge is -2.38. The number of rotatable bonds is 27. The third kappa shape index (κ3) is 61.3.